The van der Waals surface area contributed by atoms with Crippen LogP contribution in [0.4, 0.5) is 0 Å². The van der Waals surface area contributed by atoms with Gasteiger partial charge in [0.15, 0.2) is 0 Å². The van der Waals surface area contributed by atoms with E-state index in [0.29, 0.717) is 48.4 Å². The third-order valence-electron chi connectivity index (χ3n) is 10.3. The molecular formula is C37H45N5O7S2. The first kappa shape index (κ1) is 35.4. The predicted molar refractivity (Wildman–Crippen MR) is 194 cm³/mol. The molecule has 2 aliphatic heterocycles. The fourth-order valence-corrected chi connectivity index (χ4v) is 9.33. The number of allylic oxidation sites excluding steroid dienone is 1. The van der Waals surface area contributed by atoms with Gasteiger partial charge in [-0.15, -0.1) is 11.3 Å². The van der Waals surface area contributed by atoms with E-state index in [1.54, 1.807) is 12.0 Å². The fraction of sp³-hybridized carbons (Fsp3) is 0.541. The molecule has 0 spiro atoms. The predicted octanol–water partition coefficient (Wildman–Crippen LogP) is 5.23. The highest BCUT2D eigenvalue weighted by Gasteiger charge is 2.62. The van der Waals surface area contributed by atoms with Crippen molar-refractivity contribution in [2.24, 2.45) is 5.92 Å². The highest BCUT2D eigenvalue weighted by Crippen LogP contribution is 2.46. The summed E-state index contributed by atoms with van der Waals surface area (Å²) in [7, 11) is -2.23. The average Bonchev–Trinajstić information content (AvgIpc) is 3.97. The lowest BCUT2D eigenvalue weighted by Gasteiger charge is -2.26. The minimum atomic E-state index is -3.83. The number of ether oxygens (including phenoxy) is 2. The maximum atomic E-state index is 14.2. The molecule has 2 saturated carbocycles. The van der Waals surface area contributed by atoms with Gasteiger partial charge in [-0.2, -0.15) is 0 Å². The average molecular weight is 736 g/mol. The third-order valence-corrected chi connectivity index (χ3v) is 13.0. The van der Waals surface area contributed by atoms with Gasteiger partial charge in [0.05, 0.1) is 30.1 Å². The second kappa shape index (κ2) is 14.2. The Morgan fingerprint density at radius 3 is 2.67 bits per heavy atom. The largest absolute Gasteiger partial charge is 0.497 e. The number of hydrogen-bond acceptors (Lipinski definition) is 10. The van der Waals surface area contributed by atoms with Gasteiger partial charge in [0.2, 0.25) is 21.8 Å². The monoisotopic (exact) mass is 735 g/mol. The zero-order chi connectivity index (χ0) is 35.9. The first-order chi connectivity index (χ1) is 24.5. The number of hydrogen-bond donors (Lipinski definition) is 2. The van der Waals surface area contributed by atoms with E-state index in [0.717, 1.165) is 41.8 Å². The molecular weight excluding hydrogens is 691 g/mol. The number of pyridine rings is 1. The van der Waals surface area contributed by atoms with Gasteiger partial charge in [-0.3, -0.25) is 19.1 Å². The van der Waals surface area contributed by atoms with Crippen LogP contribution in [0, 0.1) is 5.92 Å². The van der Waals surface area contributed by atoms with E-state index >= 15 is 0 Å². The van der Waals surface area contributed by atoms with E-state index in [1.807, 2.05) is 41.8 Å². The SMILES string of the molecule is COc1ccc2c(OC3CC4C(=O)NC5(C(=O)NS(=O)(=O)C6CC6)CC5/C=C\CCCCCCC(=O)N4C3)cc(-c3nc(C(C)C)cs3)nc2c1. The summed E-state index contributed by atoms with van der Waals surface area (Å²) >= 11 is 1.51. The smallest absolute Gasteiger partial charge is 0.259 e. The van der Waals surface area contributed by atoms with Gasteiger partial charge in [0.25, 0.3) is 5.91 Å². The highest BCUT2D eigenvalue weighted by atomic mass is 32.2. The molecule has 2 aromatic heterocycles. The van der Waals surface area contributed by atoms with Crippen molar-refractivity contribution >= 4 is 50.0 Å². The number of aromatic nitrogens is 2. The number of carbonyl (C=O) groups excluding carboxylic acids is 3. The van der Waals surface area contributed by atoms with Crippen LogP contribution in [0.1, 0.15) is 89.7 Å². The Bertz CT molecular complexity index is 1970. The Morgan fingerprint density at radius 2 is 1.92 bits per heavy atom. The quantitative estimate of drug-likeness (QED) is 0.296. The molecule has 272 valence electrons. The van der Waals surface area contributed by atoms with Gasteiger partial charge < -0.3 is 19.7 Å². The molecule has 51 heavy (non-hydrogen) atoms. The van der Waals surface area contributed by atoms with Crippen molar-refractivity contribution in [3.63, 3.8) is 0 Å². The molecule has 1 saturated heterocycles. The Labute approximate surface area is 302 Å². The number of fused-ring (bicyclic) bond motifs is 3. The number of methoxy groups -OCH3 is 1. The minimum Gasteiger partial charge on any atom is -0.497 e. The van der Waals surface area contributed by atoms with Crippen molar-refractivity contribution in [2.45, 2.75) is 107 Å². The van der Waals surface area contributed by atoms with Gasteiger partial charge in [-0.05, 0) is 56.6 Å². The molecule has 4 unspecified atom stereocenters. The van der Waals surface area contributed by atoms with Gasteiger partial charge >= 0.3 is 0 Å². The summed E-state index contributed by atoms with van der Waals surface area (Å²) in [6.45, 7) is 4.36. The van der Waals surface area contributed by atoms with E-state index in [2.05, 4.69) is 23.9 Å². The number of nitrogens with one attached hydrogen (secondary N) is 2. The number of carbonyl (C=O) groups is 3. The number of amides is 3. The Hall–Kier alpha value is -4.04. The highest BCUT2D eigenvalue weighted by molar-refractivity contribution is 7.91. The second-order valence-corrected chi connectivity index (χ2v) is 17.3. The van der Waals surface area contributed by atoms with Crippen molar-refractivity contribution in [3.05, 3.63) is 47.5 Å². The van der Waals surface area contributed by atoms with Crippen LogP contribution < -0.4 is 19.5 Å². The zero-order valence-corrected chi connectivity index (χ0v) is 30.9. The Balaban J connectivity index is 1.18. The molecule has 1 aromatic carbocycles. The molecule has 12 nitrogen and oxygen atoms in total. The van der Waals surface area contributed by atoms with Crippen LogP contribution in [0.25, 0.3) is 21.6 Å². The molecule has 7 rings (SSSR count). The summed E-state index contributed by atoms with van der Waals surface area (Å²) < 4.78 is 39.9. The van der Waals surface area contributed by atoms with Crippen molar-refractivity contribution in [1.29, 1.82) is 0 Å². The summed E-state index contributed by atoms with van der Waals surface area (Å²) in [5, 5.41) is 5.88. The number of nitrogens with zero attached hydrogens (tertiary/aromatic N) is 3. The van der Waals surface area contributed by atoms with E-state index in [9.17, 15) is 22.8 Å². The minimum absolute atomic E-state index is 0.148. The van der Waals surface area contributed by atoms with Gasteiger partial charge in [0, 0.05) is 41.7 Å². The molecule has 4 heterocycles. The van der Waals surface area contributed by atoms with Crippen molar-refractivity contribution in [1.82, 2.24) is 24.9 Å². The standard InChI is InChI=1S/C37H45N5O7S2/c1-22(2)30-21-50-35(39-30)29-18-32(27-15-12-24(48-3)16-28(27)38-29)49-25-17-31-34(44)40-37(36(45)41-51(46,47)26-13-14-26)19-23(37)10-8-6-4-5-7-9-11-33(43)42(31)20-25/h8,10,12,15-16,18,21-23,25-26,31H,4-7,9,11,13-14,17,19-20H2,1-3H3,(H,40,44)(H,41,45)/b10-8-. The molecule has 14 heteroatoms. The van der Waals surface area contributed by atoms with Crippen LogP contribution in [0.5, 0.6) is 11.5 Å². The van der Waals surface area contributed by atoms with E-state index in [-0.39, 0.29) is 37.1 Å². The molecule has 3 amide bonds. The van der Waals surface area contributed by atoms with E-state index in [4.69, 9.17) is 19.4 Å². The fourth-order valence-electron chi connectivity index (χ4n) is 7.03. The van der Waals surface area contributed by atoms with Gasteiger partial charge in [0.1, 0.15) is 39.9 Å². The van der Waals surface area contributed by atoms with Gasteiger partial charge in [-0.25, -0.2) is 18.4 Å². The lowest BCUT2D eigenvalue weighted by molar-refractivity contribution is -0.139. The molecule has 2 N–H and O–H groups in total. The summed E-state index contributed by atoms with van der Waals surface area (Å²) in [4.78, 5) is 52.8. The maximum Gasteiger partial charge on any atom is 0.259 e. The van der Waals surface area contributed by atoms with Crippen LogP contribution in [-0.4, -0.2) is 77.6 Å². The van der Waals surface area contributed by atoms with Crippen molar-refractivity contribution < 1.29 is 32.3 Å². The molecule has 4 atom stereocenters. The molecule has 4 aliphatic rings. The lowest BCUT2D eigenvalue weighted by atomic mass is 10.1. The normalized spacial score (nSPS) is 26.4. The summed E-state index contributed by atoms with van der Waals surface area (Å²) in [5.41, 5.74) is 0.874. The van der Waals surface area contributed by atoms with Crippen molar-refractivity contribution in [3.8, 4) is 22.2 Å². The maximum absolute atomic E-state index is 14.2. The summed E-state index contributed by atoms with van der Waals surface area (Å²) in [6.07, 6.45) is 9.49. The number of benzene rings is 1. The second-order valence-electron chi connectivity index (χ2n) is 14.5. The van der Waals surface area contributed by atoms with Crippen LogP contribution in [0.2, 0.25) is 0 Å². The third kappa shape index (κ3) is 7.48. The Kier molecular flexibility index (Phi) is 9.83. The van der Waals surface area contributed by atoms with Crippen LogP contribution in [-0.2, 0) is 24.4 Å². The molecule has 3 aromatic rings. The first-order valence-corrected chi connectivity index (χ1v) is 20.4. The molecule has 2 aliphatic carbocycles. The number of thiazole rings is 1. The van der Waals surface area contributed by atoms with Crippen molar-refractivity contribution in [2.75, 3.05) is 13.7 Å². The summed E-state index contributed by atoms with van der Waals surface area (Å²) in [5.74, 6) is -0.260. The first-order valence-electron chi connectivity index (χ1n) is 17.9. The number of sulfonamides is 1. The van der Waals surface area contributed by atoms with Gasteiger partial charge in [-0.1, -0.05) is 38.8 Å². The van der Waals surface area contributed by atoms with Crippen LogP contribution in [0.15, 0.2) is 41.8 Å². The van der Waals surface area contributed by atoms with Crippen LogP contribution >= 0.6 is 11.3 Å². The number of rotatable bonds is 8. The van der Waals surface area contributed by atoms with E-state index < -0.39 is 44.8 Å². The molecule has 3 fully saturated rings. The zero-order valence-electron chi connectivity index (χ0n) is 29.2. The lowest BCUT2D eigenvalue weighted by Crippen LogP contribution is -2.56. The van der Waals surface area contributed by atoms with Crippen LogP contribution in [0.3, 0.4) is 0 Å². The molecule has 0 radical (unpaired) electrons. The Morgan fingerprint density at radius 1 is 1.12 bits per heavy atom. The van der Waals surface area contributed by atoms with E-state index in [1.165, 1.54) is 11.3 Å². The molecule has 0 bridgehead atoms. The topological polar surface area (TPSA) is 157 Å². The summed E-state index contributed by atoms with van der Waals surface area (Å²) in [6, 6.07) is 6.51.